The second kappa shape index (κ2) is 20.8. The highest BCUT2D eigenvalue weighted by Crippen LogP contribution is 2.37. The van der Waals surface area contributed by atoms with Gasteiger partial charge in [-0.3, -0.25) is 4.79 Å². The van der Waals surface area contributed by atoms with Crippen molar-refractivity contribution in [2.45, 2.75) is 83.7 Å². The first-order valence-electron chi connectivity index (χ1n) is 19.0. The molecule has 0 fully saturated rings. The Kier molecular flexibility index (Phi) is 15.6. The van der Waals surface area contributed by atoms with Crippen molar-refractivity contribution >= 4 is 24.5 Å². The SMILES string of the molecule is COc1ccc(CO[C@H](C)C[C@@H](C#CC(=O)[C@H](CCO[Si](c2ccccc2)(c2ccccc2)C(C)(C)C)OCc2ccccc2)OCc2ccccc2)cc1. The molecule has 3 atom stereocenters. The zero-order valence-electron chi connectivity index (χ0n) is 32.8. The van der Waals surface area contributed by atoms with Crippen LogP contribution in [-0.4, -0.2) is 46.1 Å². The van der Waals surface area contributed by atoms with E-state index in [2.05, 4.69) is 81.1 Å². The zero-order valence-corrected chi connectivity index (χ0v) is 33.8. The van der Waals surface area contributed by atoms with Crippen molar-refractivity contribution in [3.8, 4) is 17.6 Å². The van der Waals surface area contributed by atoms with Gasteiger partial charge in [0.2, 0.25) is 5.78 Å². The molecule has 55 heavy (non-hydrogen) atoms. The molecule has 286 valence electrons. The molecule has 0 unspecified atom stereocenters. The summed E-state index contributed by atoms with van der Waals surface area (Å²) in [5.41, 5.74) is 3.04. The average Bonchev–Trinajstić information content (AvgIpc) is 3.22. The van der Waals surface area contributed by atoms with Gasteiger partial charge in [-0.25, -0.2) is 0 Å². The fourth-order valence-electron chi connectivity index (χ4n) is 6.64. The minimum atomic E-state index is -2.82. The number of carbonyl (C=O) groups excluding carboxylic acids is 1. The molecule has 0 radical (unpaired) electrons. The summed E-state index contributed by atoms with van der Waals surface area (Å²) in [6.45, 7) is 10.1. The van der Waals surface area contributed by atoms with Crippen molar-refractivity contribution in [3.05, 3.63) is 162 Å². The number of methoxy groups -OCH3 is 1. The third-order valence-electron chi connectivity index (χ3n) is 9.59. The molecular formula is C48H54O6Si. The van der Waals surface area contributed by atoms with Gasteiger partial charge in [-0.1, -0.05) is 160 Å². The van der Waals surface area contributed by atoms with Crippen LogP contribution in [0.3, 0.4) is 0 Å². The van der Waals surface area contributed by atoms with Crippen molar-refractivity contribution in [3.63, 3.8) is 0 Å². The van der Waals surface area contributed by atoms with Crippen LogP contribution in [0.15, 0.2) is 146 Å². The fraction of sp³-hybridized carbons (Fsp3) is 0.312. The molecule has 6 nitrogen and oxygen atoms in total. The second-order valence-corrected chi connectivity index (χ2v) is 19.0. The van der Waals surface area contributed by atoms with Crippen molar-refractivity contribution in [2.75, 3.05) is 13.7 Å². The molecule has 5 rings (SSSR count). The van der Waals surface area contributed by atoms with Crippen LogP contribution in [0.25, 0.3) is 0 Å². The maximum atomic E-state index is 14.0. The summed E-state index contributed by atoms with van der Waals surface area (Å²) in [6.07, 6.45) is -0.697. The van der Waals surface area contributed by atoms with Crippen LogP contribution in [-0.2, 0) is 43.3 Å². The van der Waals surface area contributed by atoms with Crippen molar-refractivity contribution in [1.82, 2.24) is 0 Å². The molecule has 5 aromatic carbocycles. The van der Waals surface area contributed by atoms with Gasteiger partial charge in [0, 0.05) is 19.4 Å². The van der Waals surface area contributed by atoms with E-state index in [4.69, 9.17) is 23.4 Å². The number of ketones is 1. The van der Waals surface area contributed by atoms with Gasteiger partial charge in [-0.15, -0.1) is 0 Å². The molecule has 0 aliphatic rings. The van der Waals surface area contributed by atoms with Crippen LogP contribution < -0.4 is 15.1 Å². The molecule has 5 aromatic rings. The third-order valence-corrected chi connectivity index (χ3v) is 14.6. The Balaban J connectivity index is 1.35. The molecule has 0 aromatic heterocycles. The van der Waals surface area contributed by atoms with Gasteiger partial charge in [0.05, 0.1) is 33.0 Å². The van der Waals surface area contributed by atoms with Gasteiger partial charge in [0.15, 0.2) is 0 Å². The largest absolute Gasteiger partial charge is 0.497 e. The molecule has 0 saturated heterocycles. The maximum Gasteiger partial charge on any atom is 0.261 e. The Morgan fingerprint density at radius 3 is 1.62 bits per heavy atom. The van der Waals surface area contributed by atoms with E-state index in [1.807, 2.05) is 104 Å². The lowest BCUT2D eigenvalue weighted by Gasteiger charge is -2.43. The van der Waals surface area contributed by atoms with Crippen molar-refractivity contribution in [2.24, 2.45) is 0 Å². The molecule has 0 aliphatic carbocycles. The number of carbonyl (C=O) groups is 1. The quantitative estimate of drug-likeness (QED) is 0.0478. The third kappa shape index (κ3) is 12.1. The van der Waals surface area contributed by atoms with E-state index in [1.54, 1.807) is 7.11 Å². The molecule has 0 bridgehead atoms. The highest BCUT2D eigenvalue weighted by molar-refractivity contribution is 6.99. The second-order valence-electron chi connectivity index (χ2n) is 14.7. The van der Waals surface area contributed by atoms with E-state index in [0.717, 1.165) is 22.4 Å². The number of ether oxygens (including phenoxy) is 4. The maximum absolute atomic E-state index is 14.0. The number of hydrogen-bond acceptors (Lipinski definition) is 6. The van der Waals surface area contributed by atoms with E-state index in [0.29, 0.717) is 32.7 Å². The summed E-state index contributed by atoms with van der Waals surface area (Å²) in [7, 11) is -1.17. The van der Waals surface area contributed by atoms with Crippen LogP contribution in [0.5, 0.6) is 5.75 Å². The monoisotopic (exact) mass is 754 g/mol. The molecule has 0 amide bonds. The summed E-state index contributed by atoms with van der Waals surface area (Å²) in [5, 5.41) is 2.17. The smallest absolute Gasteiger partial charge is 0.261 e. The summed E-state index contributed by atoms with van der Waals surface area (Å²) in [4.78, 5) is 14.0. The van der Waals surface area contributed by atoms with Crippen molar-refractivity contribution in [1.29, 1.82) is 0 Å². The summed E-state index contributed by atoms with van der Waals surface area (Å²) < 4.78 is 31.3. The van der Waals surface area contributed by atoms with Gasteiger partial charge in [0.1, 0.15) is 18.0 Å². The minimum absolute atomic E-state index is 0.183. The summed E-state index contributed by atoms with van der Waals surface area (Å²) in [6, 6.07) is 48.7. The van der Waals surface area contributed by atoms with Crippen LogP contribution in [0.4, 0.5) is 0 Å². The zero-order chi connectivity index (χ0) is 38.9. The van der Waals surface area contributed by atoms with E-state index in [9.17, 15) is 4.79 Å². The molecule has 0 heterocycles. The standard InChI is InChI=1S/C48H54O6Si/c1-38(51-35-41-26-28-42(50-5)29-27-41)34-43(52-36-39-18-10-6-11-19-39)30-31-46(49)47(53-37-40-20-12-7-13-21-40)32-33-54-55(48(2,3)4,44-22-14-8-15-23-44)45-24-16-9-17-25-45/h6-29,38,43,47H,32-37H2,1-5H3/t38-,43-,47+/m1/s1. The normalized spacial score (nSPS) is 13.3. The molecule has 0 saturated carbocycles. The number of rotatable bonds is 19. The Bertz CT molecular complexity index is 1880. The summed E-state index contributed by atoms with van der Waals surface area (Å²) >= 11 is 0. The molecule has 7 heteroatoms. The Morgan fingerprint density at radius 1 is 0.636 bits per heavy atom. The highest BCUT2D eigenvalue weighted by atomic mass is 28.4. The Hall–Kier alpha value is -4.81. The predicted octanol–water partition coefficient (Wildman–Crippen LogP) is 8.70. The Labute approximate surface area is 328 Å². The minimum Gasteiger partial charge on any atom is -0.497 e. The first-order chi connectivity index (χ1) is 26.7. The first-order valence-corrected chi connectivity index (χ1v) is 20.9. The summed E-state index contributed by atoms with van der Waals surface area (Å²) in [5.74, 6) is 6.59. The van der Waals surface area contributed by atoms with E-state index in [1.165, 1.54) is 10.4 Å². The Morgan fingerprint density at radius 2 is 1.11 bits per heavy atom. The van der Waals surface area contributed by atoms with Gasteiger partial charge in [-0.05, 0) is 57.1 Å². The van der Waals surface area contributed by atoms with Crippen LogP contribution in [0, 0.1) is 11.8 Å². The van der Waals surface area contributed by atoms with Crippen LogP contribution in [0.2, 0.25) is 5.04 Å². The lowest BCUT2D eigenvalue weighted by molar-refractivity contribution is -0.126. The molecule has 0 spiro atoms. The highest BCUT2D eigenvalue weighted by Gasteiger charge is 2.50. The fourth-order valence-corrected chi connectivity index (χ4v) is 11.2. The molecule has 0 N–H and O–H groups in total. The number of benzene rings is 5. The molecular weight excluding hydrogens is 701 g/mol. The van der Waals surface area contributed by atoms with Gasteiger partial charge >= 0.3 is 0 Å². The lowest BCUT2D eigenvalue weighted by Crippen LogP contribution is -2.66. The lowest BCUT2D eigenvalue weighted by atomic mass is 10.1. The average molecular weight is 755 g/mol. The first kappa shape index (κ1) is 41.4. The topological polar surface area (TPSA) is 63.2 Å². The molecule has 0 aliphatic heterocycles. The van der Waals surface area contributed by atoms with Crippen molar-refractivity contribution < 1.29 is 28.2 Å². The van der Waals surface area contributed by atoms with Gasteiger partial charge in [-0.2, -0.15) is 0 Å². The predicted molar refractivity (Wildman–Crippen MR) is 223 cm³/mol. The number of hydrogen-bond donors (Lipinski definition) is 0. The van der Waals surface area contributed by atoms with Crippen LogP contribution in [0.1, 0.15) is 57.2 Å². The van der Waals surface area contributed by atoms with Crippen LogP contribution >= 0.6 is 0 Å². The van der Waals surface area contributed by atoms with E-state index < -0.39 is 20.5 Å². The van der Waals surface area contributed by atoms with E-state index >= 15 is 0 Å². The van der Waals surface area contributed by atoms with Gasteiger partial charge < -0.3 is 23.4 Å². The van der Waals surface area contributed by atoms with E-state index in [-0.39, 0.29) is 23.5 Å². The number of Topliss-reactive ketones (excluding diaryl/α,β-unsaturated/α-hetero) is 1. The van der Waals surface area contributed by atoms with Gasteiger partial charge in [0.25, 0.3) is 8.32 Å².